The highest BCUT2D eigenvalue weighted by molar-refractivity contribution is 6.28. The highest BCUT2D eigenvalue weighted by Crippen LogP contribution is 2.22. The number of rotatable bonds is 6. The average molecular weight is 380 g/mol. The SMILES string of the molecule is COc1ccc(Cn2cnc3c(NCc4ccccc4)nc(Cl)nc32)cc1. The Morgan fingerprint density at radius 2 is 1.78 bits per heavy atom. The molecule has 0 saturated carbocycles. The largest absolute Gasteiger partial charge is 0.497 e. The molecule has 2 aromatic carbocycles. The van der Waals surface area contributed by atoms with Crippen molar-refractivity contribution in [3.05, 3.63) is 77.3 Å². The van der Waals surface area contributed by atoms with Gasteiger partial charge in [-0.2, -0.15) is 9.97 Å². The molecule has 0 bridgehead atoms. The van der Waals surface area contributed by atoms with Gasteiger partial charge in [0.05, 0.1) is 20.0 Å². The lowest BCUT2D eigenvalue weighted by atomic mass is 10.2. The normalized spacial score (nSPS) is 10.9. The highest BCUT2D eigenvalue weighted by Gasteiger charge is 2.13. The first-order chi connectivity index (χ1) is 13.2. The molecule has 0 aliphatic carbocycles. The molecule has 4 rings (SSSR count). The first-order valence-corrected chi connectivity index (χ1v) is 8.90. The number of hydrogen-bond donors (Lipinski definition) is 1. The summed E-state index contributed by atoms with van der Waals surface area (Å²) in [5.74, 6) is 1.45. The summed E-state index contributed by atoms with van der Waals surface area (Å²) in [4.78, 5) is 13.2. The molecular formula is C20H18ClN5O. The van der Waals surface area contributed by atoms with Gasteiger partial charge in [0, 0.05) is 6.54 Å². The molecule has 0 atom stereocenters. The zero-order chi connectivity index (χ0) is 18.6. The van der Waals surface area contributed by atoms with Crippen LogP contribution >= 0.6 is 11.6 Å². The third-order valence-corrected chi connectivity index (χ3v) is 4.42. The summed E-state index contributed by atoms with van der Waals surface area (Å²) in [6.45, 7) is 1.26. The first-order valence-electron chi connectivity index (χ1n) is 8.52. The third-order valence-electron chi connectivity index (χ3n) is 4.25. The van der Waals surface area contributed by atoms with Crippen LogP contribution in [0.4, 0.5) is 5.82 Å². The van der Waals surface area contributed by atoms with Gasteiger partial charge in [0.2, 0.25) is 5.28 Å². The predicted molar refractivity (Wildman–Crippen MR) is 106 cm³/mol. The number of nitrogens with one attached hydrogen (secondary N) is 1. The van der Waals surface area contributed by atoms with E-state index >= 15 is 0 Å². The summed E-state index contributed by atoms with van der Waals surface area (Å²) in [6.07, 6.45) is 1.76. The van der Waals surface area contributed by atoms with Crippen molar-refractivity contribution in [3.63, 3.8) is 0 Å². The van der Waals surface area contributed by atoms with E-state index in [4.69, 9.17) is 16.3 Å². The molecule has 0 unspecified atom stereocenters. The lowest BCUT2D eigenvalue weighted by Gasteiger charge is -2.08. The summed E-state index contributed by atoms with van der Waals surface area (Å²) in [7, 11) is 1.65. The van der Waals surface area contributed by atoms with Crippen LogP contribution in [0.3, 0.4) is 0 Å². The van der Waals surface area contributed by atoms with Crippen molar-refractivity contribution in [2.24, 2.45) is 0 Å². The van der Waals surface area contributed by atoms with Crippen LogP contribution in [0.2, 0.25) is 5.28 Å². The number of aromatic nitrogens is 4. The molecule has 0 saturated heterocycles. The zero-order valence-electron chi connectivity index (χ0n) is 14.8. The second kappa shape index (κ2) is 7.63. The Morgan fingerprint density at radius 1 is 1.00 bits per heavy atom. The Labute approximate surface area is 161 Å². The lowest BCUT2D eigenvalue weighted by Crippen LogP contribution is -2.04. The van der Waals surface area contributed by atoms with Crippen molar-refractivity contribution in [2.75, 3.05) is 12.4 Å². The first kappa shape index (κ1) is 17.3. The molecule has 0 radical (unpaired) electrons. The van der Waals surface area contributed by atoms with E-state index in [-0.39, 0.29) is 5.28 Å². The van der Waals surface area contributed by atoms with Crippen molar-refractivity contribution in [1.29, 1.82) is 0 Å². The van der Waals surface area contributed by atoms with E-state index in [9.17, 15) is 0 Å². The predicted octanol–water partition coefficient (Wildman–Crippen LogP) is 4.15. The fraction of sp³-hybridized carbons (Fsp3) is 0.150. The van der Waals surface area contributed by atoms with E-state index in [1.54, 1.807) is 13.4 Å². The van der Waals surface area contributed by atoms with Crippen molar-refractivity contribution in [3.8, 4) is 5.75 Å². The van der Waals surface area contributed by atoms with Crippen molar-refractivity contribution < 1.29 is 4.74 Å². The summed E-state index contributed by atoms with van der Waals surface area (Å²) in [5, 5.41) is 3.50. The van der Waals surface area contributed by atoms with Gasteiger partial charge in [-0.1, -0.05) is 42.5 Å². The topological polar surface area (TPSA) is 64.9 Å². The number of ether oxygens (including phenoxy) is 1. The minimum absolute atomic E-state index is 0.189. The Hall–Kier alpha value is -3.12. The molecule has 0 fully saturated rings. The Bertz CT molecular complexity index is 1050. The molecule has 2 aromatic heterocycles. The van der Waals surface area contributed by atoms with Crippen LogP contribution in [0.25, 0.3) is 11.2 Å². The van der Waals surface area contributed by atoms with Gasteiger partial charge >= 0.3 is 0 Å². The molecule has 27 heavy (non-hydrogen) atoms. The van der Waals surface area contributed by atoms with E-state index in [1.165, 1.54) is 0 Å². The van der Waals surface area contributed by atoms with Gasteiger partial charge in [0.15, 0.2) is 17.0 Å². The maximum atomic E-state index is 6.16. The van der Waals surface area contributed by atoms with Crippen LogP contribution in [0.5, 0.6) is 5.75 Å². The van der Waals surface area contributed by atoms with E-state index < -0.39 is 0 Å². The number of benzene rings is 2. The lowest BCUT2D eigenvalue weighted by molar-refractivity contribution is 0.414. The van der Waals surface area contributed by atoms with Crippen molar-refractivity contribution in [2.45, 2.75) is 13.1 Å². The number of methoxy groups -OCH3 is 1. The molecular weight excluding hydrogens is 362 g/mol. The minimum Gasteiger partial charge on any atom is -0.497 e. The Balaban J connectivity index is 1.61. The second-order valence-corrected chi connectivity index (χ2v) is 6.41. The number of anilines is 1. The zero-order valence-corrected chi connectivity index (χ0v) is 15.5. The quantitative estimate of drug-likeness (QED) is 0.510. The van der Waals surface area contributed by atoms with E-state index in [2.05, 4.69) is 32.4 Å². The standard InChI is InChI=1S/C20H18ClN5O/c1-27-16-9-7-15(8-10-16)12-26-13-23-17-18(24-20(21)25-19(17)26)22-11-14-5-3-2-4-6-14/h2-10,13H,11-12H2,1H3,(H,22,24,25). The molecule has 0 aliphatic heterocycles. The fourth-order valence-corrected chi connectivity index (χ4v) is 3.03. The van der Waals surface area contributed by atoms with Crippen LogP contribution in [-0.2, 0) is 13.1 Å². The summed E-state index contributed by atoms with van der Waals surface area (Å²) in [6, 6.07) is 18.0. The third kappa shape index (κ3) is 3.85. The van der Waals surface area contributed by atoms with Crippen molar-refractivity contribution in [1.82, 2.24) is 19.5 Å². The average Bonchev–Trinajstić information content (AvgIpc) is 3.10. The van der Waals surface area contributed by atoms with Crippen LogP contribution in [0.15, 0.2) is 60.9 Å². The van der Waals surface area contributed by atoms with Gasteiger partial charge in [0.25, 0.3) is 0 Å². The monoisotopic (exact) mass is 379 g/mol. The van der Waals surface area contributed by atoms with Crippen LogP contribution in [-0.4, -0.2) is 26.6 Å². The van der Waals surface area contributed by atoms with Gasteiger partial charge in [0.1, 0.15) is 5.75 Å². The number of imidazole rings is 1. The Kier molecular flexibility index (Phi) is 4.89. The van der Waals surface area contributed by atoms with Gasteiger partial charge in [-0.05, 0) is 34.9 Å². The Morgan fingerprint density at radius 3 is 2.52 bits per heavy atom. The number of fused-ring (bicyclic) bond motifs is 1. The maximum absolute atomic E-state index is 6.16. The molecule has 7 heteroatoms. The van der Waals surface area contributed by atoms with Gasteiger partial charge in [-0.25, -0.2) is 4.98 Å². The molecule has 2 heterocycles. The van der Waals surface area contributed by atoms with Crippen molar-refractivity contribution >= 4 is 28.6 Å². The summed E-state index contributed by atoms with van der Waals surface area (Å²) in [5.41, 5.74) is 3.66. The van der Waals surface area contributed by atoms with Gasteiger partial charge < -0.3 is 14.6 Å². The van der Waals surface area contributed by atoms with E-state index in [1.807, 2.05) is 47.0 Å². The van der Waals surface area contributed by atoms with E-state index in [0.29, 0.717) is 30.1 Å². The minimum atomic E-state index is 0.189. The number of hydrogen-bond acceptors (Lipinski definition) is 5. The molecule has 1 N–H and O–H groups in total. The van der Waals surface area contributed by atoms with Crippen LogP contribution in [0, 0.1) is 0 Å². The maximum Gasteiger partial charge on any atom is 0.226 e. The fourth-order valence-electron chi connectivity index (χ4n) is 2.87. The molecule has 0 amide bonds. The summed E-state index contributed by atoms with van der Waals surface area (Å²) >= 11 is 6.16. The number of nitrogens with zero attached hydrogens (tertiary/aromatic N) is 4. The van der Waals surface area contributed by atoms with Crippen LogP contribution < -0.4 is 10.1 Å². The molecule has 0 spiro atoms. The van der Waals surface area contributed by atoms with Gasteiger partial charge in [-0.3, -0.25) is 0 Å². The molecule has 0 aliphatic rings. The number of halogens is 1. The molecule has 4 aromatic rings. The molecule has 136 valence electrons. The van der Waals surface area contributed by atoms with Crippen LogP contribution in [0.1, 0.15) is 11.1 Å². The highest BCUT2D eigenvalue weighted by atomic mass is 35.5. The summed E-state index contributed by atoms with van der Waals surface area (Å²) < 4.78 is 7.16. The smallest absolute Gasteiger partial charge is 0.226 e. The molecule has 6 nitrogen and oxygen atoms in total. The van der Waals surface area contributed by atoms with Gasteiger partial charge in [-0.15, -0.1) is 0 Å². The van der Waals surface area contributed by atoms with E-state index in [0.717, 1.165) is 16.9 Å². The second-order valence-electron chi connectivity index (χ2n) is 6.07.